The van der Waals surface area contributed by atoms with E-state index in [0.717, 1.165) is 63.5 Å². The van der Waals surface area contributed by atoms with Crippen molar-refractivity contribution in [2.75, 3.05) is 49.2 Å². The van der Waals surface area contributed by atoms with Gasteiger partial charge in [-0.1, -0.05) is 44.2 Å². The highest BCUT2D eigenvalue weighted by molar-refractivity contribution is 5.54. The summed E-state index contributed by atoms with van der Waals surface area (Å²) in [6, 6.07) is 27.3. The van der Waals surface area contributed by atoms with Crippen LogP contribution in [-0.2, 0) is 4.74 Å². The molecule has 0 radical (unpaired) electrons. The van der Waals surface area contributed by atoms with Crippen molar-refractivity contribution in [3.63, 3.8) is 0 Å². The standard InChI is InChI=1S/C34H41N5O3/c1-3-28(4-2)39-34(40)38(25-35-39)31-12-10-29(11-13-31)36-18-20-37(21-19-36)30-14-16-32(17-15-30)41-23-26-22-33(42-24-26)27-8-6-5-7-9-27/h5-17,25-26,28,33H,3-4,18-24H2,1-2H3/t26-,33?/m1/s1. The van der Waals surface area contributed by atoms with Gasteiger partial charge in [-0.25, -0.2) is 14.0 Å². The highest BCUT2D eigenvalue weighted by atomic mass is 16.5. The van der Waals surface area contributed by atoms with Crippen LogP contribution in [0.15, 0.2) is 90.0 Å². The minimum atomic E-state index is -0.0780. The van der Waals surface area contributed by atoms with Gasteiger partial charge < -0.3 is 19.3 Å². The van der Waals surface area contributed by atoms with Crippen LogP contribution in [0.3, 0.4) is 0 Å². The van der Waals surface area contributed by atoms with E-state index in [4.69, 9.17) is 9.47 Å². The Bertz CT molecular complexity index is 1470. The summed E-state index contributed by atoms with van der Waals surface area (Å²) in [5.74, 6) is 1.32. The van der Waals surface area contributed by atoms with Gasteiger partial charge in [0, 0.05) is 43.5 Å². The fraction of sp³-hybridized carbons (Fsp3) is 0.412. The van der Waals surface area contributed by atoms with Gasteiger partial charge in [-0.3, -0.25) is 0 Å². The largest absolute Gasteiger partial charge is 0.493 e. The first-order valence-corrected chi connectivity index (χ1v) is 15.3. The molecule has 42 heavy (non-hydrogen) atoms. The fourth-order valence-corrected chi connectivity index (χ4v) is 6.10. The Balaban J connectivity index is 0.985. The van der Waals surface area contributed by atoms with Crippen LogP contribution in [0.25, 0.3) is 5.69 Å². The molecular weight excluding hydrogens is 526 g/mol. The lowest BCUT2D eigenvalue weighted by Gasteiger charge is -2.37. The summed E-state index contributed by atoms with van der Waals surface area (Å²) in [5.41, 5.74) is 4.41. The number of aromatic nitrogens is 3. The van der Waals surface area contributed by atoms with Crippen molar-refractivity contribution < 1.29 is 9.47 Å². The van der Waals surface area contributed by atoms with E-state index < -0.39 is 0 Å². The van der Waals surface area contributed by atoms with Gasteiger partial charge in [0.2, 0.25) is 0 Å². The smallest absolute Gasteiger partial charge is 0.350 e. The SMILES string of the molecule is CCC(CC)n1ncn(-c2ccc(N3CCN(c4ccc(OC[C@@H]5COC(c6ccccc6)C5)cc4)CC3)cc2)c1=O. The van der Waals surface area contributed by atoms with E-state index in [-0.39, 0.29) is 17.8 Å². The van der Waals surface area contributed by atoms with Crippen molar-refractivity contribution in [1.29, 1.82) is 0 Å². The van der Waals surface area contributed by atoms with Crippen LogP contribution < -0.4 is 20.2 Å². The van der Waals surface area contributed by atoms with Crippen molar-refractivity contribution in [2.45, 2.75) is 45.3 Å². The number of ether oxygens (including phenoxy) is 2. The highest BCUT2D eigenvalue weighted by Crippen LogP contribution is 2.33. The second-order valence-corrected chi connectivity index (χ2v) is 11.3. The third-order valence-electron chi connectivity index (χ3n) is 8.69. The normalized spacial score (nSPS) is 19.0. The topological polar surface area (TPSA) is 64.8 Å². The summed E-state index contributed by atoms with van der Waals surface area (Å²) in [6.45, 7) is 9.37. The molecule has 0 bridgehead atoms. The Morgan fingerprint density at radius 2 is 1.43 bits per heavy atom. The maximum atomic E-state index is 12.9. The summed E-state index contributed by atoms with van der Waals surface area (Å²) in [7, 11) is 0. The molecule has 0 aliphatic carbocycles. The van der Waals surface area contributed by atoms with Gasteiger partial charge in [-0.15, -0.1) is 0 Å². The van der Waals surface area contributed by atoms with E-state index in [1.54, 1.807) is 15.6 Å². The first kappa shape index (κ1) is 28.1. The van der Waals surface area contributed by atoms with Gasteiger partial charge in [0.1, 0.15) is 12.1 Å². The molecule has 2 aliphatic heterocycles. The van der Waals surface area contributed by atoms with Crippen LogP contribution >= 0.6 is 0 Å². The molecule has 0 spiro atoms. The number of hydrogen-bond donors (Lipinski definition) is 0. The summed E-state index contributed by atoms with van der Waals surface area (Å²) in [5, 5.41) is 4.37. The average Bonchev–Trinajstić information content (AvgIpc) is 3.69. The van der Waals surface area contributed by atoms with Crippen LogP contribution in [-0.4, -0.2) is 53.7 Å². The van der Waals surface area contributed by atoms with E-state index in [0.29, 0.717) is 12.5 Å². The van der Waals surface area contributed by atoms with Crippen molar-refractivity contribution >= 4 is 11.4 Å². The zero-order chi connectivity index (χ0) is 28.9. The monoisotopic (exact) mass is 567 g/mol. The molecule has 8 nitrogen and oxygen atoms in total. The Labute approximate surface area is 248 Å². The van der Waals surface area contributed by atoms with E-state index in [1.165, 1.54) is 16.9 Å². The Kier molecular flexibility index (Phi) is 8.60. The van der Waals surface area contributed by atoms with Crippen molar-refractivity contribution in [2.24, 2.45) is 5.92 Å². The van der Waals surface area contributed by atoms with Gasteiger partial charge in [0.15, 0.2) is 0 Å². The molecule has 4 aromatic rings. The van der Waals surface area contributed by atoms with Crippen LogP contribution in [0.1, 0.15) is 50.8 Å². The van der Waals surface area contributed by atoms with Crippen LogP contribution in [0, 0.1) is 5.92 Å². The molecule has 2 fully saturated rings. The molecular formula is C34H41N5O3. The van der Waals surface area contributed by atoms with Gasteiger partial charge in [-0.05, 0) is 73.4 Å². The van der Waals surface area contributed by atoms with E-state index in [9.17, 15) is 4.79 Å². The average molecular weight is 568 g/mol. The molecule has 220 valence electrons. The van der Waals surface area contributed by atoms with Gasteiger partial charge >= 0.3 is 5.69 Å². The van der Waals surface area contributed by atoms with Crippen LogP contribution in [0.5, 0.6) is 5.75 Å². The number of rotatable bonds is 10. The zero-order valence-corrected chi connectivity index (χ0v) is 24.6. The number of nitrogens with zero attached hydrogens (tertiary/aromatic N) is 5. The minimum absolute atomic E-state index is 0.0780. The lowest BCUT2D eigenvalue weighted by Crippen LogP contribution is -2.46. The second-order valence-electron chi connectivity index (χ2n) is 11.3. The summed E-state index contributed by atoms with van der Waals surface area (Å²) in [6.07, 6.45) is 4.59. The van der Waals surface area contributed by atoms with Crippen molar-refractivity contribution in [1.82, 2.24) is 14.3 Å². The maximum Gasteiger partial charge on any atom is 0.350 e. The summed E-state index contributed by atoms with van der Waals surface area (Å²) >= 11 is 0. The molecule has 0 N–H and O–H groups in total. The summed E-state index contributed by atoms with van der Waals surface area (Å²) < 4.78 is 15.4. The van der Waals surface area contributed by atoms with Gasteiger partial charge in [-0.2, -0.15) is 5.10 Å². The molecule has 2 saturated heterocycles. The Morgan fingerprint density at radius 3 is 2.05 bits per heavy atom. The quantitative estimate of drug-likeness (QED) is 0.239. The third kappa shape index (κ3) is 6.09. The molecule has 2 aliphatic rings. The predicted octanol–water partition coefficient (Wildman–Crippen LogP) is 5.88. The number of hydrogen-bond acceptors (Lipinski definition) is 6. The molecule has 1 aromatic heterocycles. The van der Waals surface area contributed by atoms with E-state index in [2.05, 4.69) is 89.4 Å². The molecule has 0 saturated carbocycles. The molecule has 6 rings (SSSR count). The molecule has 3 aromatic carbocycles. The number of anilines is 2. The van der Waals surface area contributed by atoms with Crippen LogP contribution in [0.4, 0.5) is 11.4 Å². The Morgan fingerprint density at radius 1 is 0.833 bits per heavy atom. The van der Waals surface area contributed by atoms with E-state index in [1.807, 2.05) is 18.2 Å². The number of benzene rings is 3. The third-order valence-corrected chi connectivity index (χ3v) is 8.69. The maximum absolute atomic E-state index is 12.9. The summed E-state index contributed by atoms with van der Waals surface area (Å²) in [4.78, 5) is 17.7. The highest BCUT2D eigenvalue weighted by Gasteiger charge is 2.27. The first-order valence-electron chi connectivity index (χ1n) is 15.3. The molecule has 3 heterocycles. The van der Waals surface area contributed by atoms with E-state index >= 15 is 0 Å². The molecule has 8 heteroatoms. The van der Waals surface area contributed by atoms with Crippen molar-refractivity contribution in [3.8, 4) is 11.4 Å². The lowest BCUT2D eigenvalue weighted by molar-refractivity contribution is 0.103. The van der Waals surface area contributed by atoms with Crippen LogP contribution in [0.2, 0.25) is 0 Å². The fourth-order valence-electron chi connectivity index (χ4n) is 6.10. The lowest BCUT2D eigenvalue weighted by atomic mass is 10.0. The van der Waals surface area contributed by atoms with Crippen molar-refractivity contribution in [3.05, 3.63) is 101 Å². The Hall–Kier alpha value is -4.04. The molecule has 2 atom stereocenters. The molecule has 1 unspecified atom stereocenters. The first-order chi connectivity index (χ1) is 20.6. The minimum Gasteiger partial charge on any atom is -0.493 e. The number of piperazine rings is 1. The molecule has 0 amide bonds. The zero-order valence-electron chi connectivity index (χ0n) is 24.6. The van der Waals surface area contributed by atoms with Gasteiger partial charge in [0.25, 0.3) is 0 Å². The predicted molar refractivity (Wildman–Crippen MR) is 167 cm³/mol. The second kappa shape index (κ2) is 12.9. The van der Waals surface area contributed by atoms with Gasteiger partial charge in [0.05, 0.1) is 31.0 Å².